The highest BCUT2D eigenvalue weighted by molar-refractivity contribution is 7.12. The van der Waals surface area contributed by atoms with Crippen LogP contribution in [0, 0.1) is 12.3 Å². The predicted molar refractivity (Wildman–Crippen MR) is 82.0 cm³/mol. The number of carbonyl (C=O) groups is 1. The molecule has 1 aromatic rings. The molecule has 0 saturated carbocycles. The number of methoxy groups -OCH3 is 1. The standard InChI is InChI=1S/C15H24N2O2S/c1-11-4-5-13(20-11)12(2)17-14(18)15(10-19-3)6-8-16-9-7-15/h4-5,12,16H,6-10H2,1-3H3,(H,17,18). The van der Waals surface area contributed by atoms with Crippen LogP contribution in [0.15, 0.2) is 12.1 Å². The average Bonchev–Trinajstić information content (AvgIpc) is 2.87. The van der Waals surface area contributed by atoms with Crippen molar-refractivity contribution < 1.29 is 9.53 Å². The maximum absolute atomic E-state index is 12.7. The molecule has 0 spiro atoms. The highest BCUT2D eigenvalue weighted by atomic mass is 32.1. The molecule has 0 bridgehead atoms. The fourth-order valence-corrected chi connectivity index (χ4v) is 3.61. The third kappa shape index (κ3) is 3.40. The van der Waals surface area contributed by atoms with E-state index < -0.39 is 0 Å². The first kappa shape index (κ1) is 15.5. The lowest BCUT2D eigenvalue weighted by Gasteiger charge is -2.36. The first-order valence-corrected chi connectivity index (χ1v) is 7.96. The lowest BCUT2D eigenvalue weighted by Crippen LogP contribution is -2.50. The molecule has 0 aliphatic carbocycles. The van der Waals surface area contributed by atoms with Gasteiger partial charge in [-0.05, 0) is 51.9 Å². The van der Waals surface area contributed by atoms with Gasteiger partial charge in [-0.15, -0.1) is 11.3 Å². The van der Waals surface area contributed by atoms with Crippen LogP contribution in [-0.2, 0) is 9.53 Å². The molecule has 1 aliphatic rings. The summed E-state index contributed by atoms with van der Waals surface area (Å²) < 4.78 is 5.31. The molecule has 1 aliphatic heterocycles. The molecule has 1 unspecified atom stereocenters. The molecule has 1 fully saturated rings. The fourth-order valence-electron chi connectivity index (χ4n) is 2.73. The lowest BCUT2D eigenvalue weighted by molar-refractivity contribution is -0.136. The van der Waals surface area contributed by atoms with Gasteiger partial charge in [-0.25, -0.2) is 0 Å². The molecule has 0 radical (unpaired) electrons. The van der Waals surface area contributed by atoms with Gasteiger partial charge in [0.15, 0.2) is 0 Å². The molecule has 2 rings (SSSR count). The zero-order valence-corrected chi connectivity index (χ0v) is 13.3. The zero-order valence-electron chi connectivity index (χ0n) is 12.5. The molecule has 1 saturated heterocycles. The van der Waals surface area contributed by atoms with Crippen LogP contribution in [0.3, 0.4) is 0 Å². The first-order chi connectivity index (χ1) is 9.57. The number of aryl methyl sites for hydroxylation is 1. The van der Waals surface area contributed by atoms with E-state index in [1.165, 1.54) is 9.75 Å². The summed E-state index contributed by atoms with van der Waals surface area (Å²) in [6, 6.07) is 4.25. The molecule has 2 heterocycles. The van der Waals surface area contributed by atoms with Crippen LogP contribution in [0.25, 0.3) is 0 Å². The van der Waals surface area contributed by atoms with Gasteiger partial charge in [0.2, 0.25) is 5.91 Å². The number of rotatable bonds is 5. The number of nitrogens with one attached hydrogen (secondary N) is 2. The van der Waals surface area contributed by atoms with Gasteiger partial charge in [-0.1, -0.05) is 0 Å². The third-order valence-electron chi connectivity index (χ3n) is 4.00. The van der Waals surface area contributed by atoms with Gasteiger partial charge < -0.3 is 15.4 Å². The Morgan fingerprint density at radius 1 is 1.50 bits per heavy atom. The van der Waals surface area contributed by atoms with Crippen molar-refractivity contribution in [1.29, 1.82) is 0 Å². The van der Waals surface area contributed by atoms with Gasteiger partial charge in [0.05, 0.1) is 18.1 Å². The van der Waals surface area contributed by atoms with E-state index >= 15 is 0 Å². The Balaban J connectivity index is 2.04. The van der Waals surface area contributed by atoms with Crippen molar-refractivity contribution in [2.24, 2.45) is 5.41 Å². The molecular weight excluding hydrogens is 272 g/mol. The minimum absolute atomic E-state index is 0.0600. The van der Waals surface area contributed by atoms with Crippen molar-refractivity contribution in [1.82, 2.24) is 10.6 Å². The minimum Gasteiger partial charge on any atom is -0.384 e. The Labute approximate surface area is 124 Å². The van der Waals surface area contributed by atoms with E-state index in [-0.39, 0.29) is 17.4 Å². The average molecular weight is 296 g/mol. The molecule has 1 amide bonds. The third-order valence-corrected chi connectivity index (χ3v) is 5.18. The van der Waals surface area contributed by atoms with Crippen LogP contribution < -0.4 is 10.6 Å². The van der Waals surface area contributed by atoms with Crippen molar-refractivity contribution in [3.05, 3.63) is 21.9 Å². The van der Waals surface area contributed by atoms with E-state index in [2.05, 4.69) is 29.7 Å². The van der Waals surface area contributed by atoms with E-state index in [1.807, 2.05) is 6.92 Å². The lowest BCUT2D eigenvalue weighted by atomic mass is 9.78. The Morgan fingerprint density at radius 2 is 2.20 bits per heavy atom. The second-order valence-corrected chi connectivity index (χ2v) is 6.93. The van der Waals surface area contributed by atoms with E-state index in [9.17, 15) is 4.79 Å². The van der Waals surface area contributed by atoms with Gasteiger partial charge in [-0.2, -0.15) is 0 Å². The van der Waals surface area contributed by atoms with Crippen molar-refractivity contribution in [2.45, 2.75) is 32.7 Å². The van der Waals surface area contributed by atoms with E-state index in [0.29, 0.717) is 6.61 Å². The monoisotopic (exact) mass is 296 g/mol. The van der Waals surface area contributed by atoms with E-state index in [1.54, 1.807) is 18.4 Å². The van der Waals surface area contributed by atoms with Gasteiger partial charge >= 0.3 is 0 Å². The number of piperidine rings is 1. The summed E-state index contributed by atoms with van der Waals surface area (Å²) in [7, 11) is 1.67. The Kier molecular flexibility index (Phi) is 5.18. The Bertz CT molecular complexity index is 447. The number of amides is 1. The van der Waals surface area contributed by atoms with Crippen LogP contribution in [-0.4, -0.2) is 32.7 Å². The Morgan fingerprint density at radius 3 is 2.75 bits per heavy atom. The summed E-state index contributed by atoms with van der Waals surface area (Å²) in [5, 5.41) is 6.48. The topological polar surface area (TPSA) is 50.4 Å². The van der Waals surface area contributed by atoms with Gasteiger partial charge in [-0.3, -0.25) is 4.79 Å². The second kappa shape index (κ2) is 6.70. The first-order valence-electron chi connectivity index (χ1n) is 7.14. The largest absolute Gasteiger partial charge is 0.384 e. The number of hydrogen-bond donors (Lipinski definition) is 2. The maximum Gasteiger partial charge on any atom is 0.229 e. The molecule has 2 N–H and O–H groups in total. The van der Waals surface area contributed by atoms with Gasteiger partial charge in [0, 0.05) is 16.9 Å². The molecular formula is C15H24N2O2S. The van der Waals surface area contributed by atoms with Gasteiger partial charge in [0.25, 0.3) is 0 Å². The number of hydrogen-bond acceptors (Lipinski definition) is 4. The van der Waals surface area contributed by atoms with Crippen LogP contribution in [0.5, 0.6) is 0 Å². The molecule has 5 heteroatoms. The van der Waals surface area contributed by atoms with Crippen LogP contribution in [0.2, 0.25) is 0 Å². The summed E-state index contributed by atoms with van der Waals surface area (Å²) in [4.78, 5) is 15.2. The quantitative estimate of drug-likeness (QED) is 0.876. The molecule has 1 atom stereocenters. The van der Waals surface area contributed by atoms with Crippen molar-refractivity contribution in [3.63, 3.8) is 0 Å². The highest BCUT2D eigenvalue weighted by Gasteiger charge is 2.40. The predicted octanol–water partition coefficient (Wildman–Crippen LogP) is 2.25. The van der Waals surface area contributed by atoms with Crippen molar-refractivity contribution in [3.8, 4) is 0 Å². The number of thiophene rings is 1. The fraction of sp³-hybridized carbons (Fsp3) is 0.667. The van der Waals surface area contributed by atoms with Crippen LogP contribution in [0.1, 0.15) is 35.6 Å². The van der Waals surface area contributed by atoms with Crippen molar-refractivity contribution in [2.75, 3.05) is 26.8 Å². The van der Waals surface area contributed by atoms with Crippen LogP contribution in [0.4, 0.5) is 0 Å². The summed E-state index contributed by atoms with van der Waals surface area (Å²) in [5.41, 5.74) is -0.374. The molecule has 1 aromatic heterocycles. The highest BCUT2D eigenvalue weighted by Crippen LogP contribution is 2.31. The van der Waals surface area contributed by atoms with Gasteiger partial charge in [0.1, 0.15) is 0 Å². The second-order valence-electron chi connectivity index (χ2n) is 5.61. The summed E-state index contributed by atoms with van der Waals surface area (Å²) in [6.07, 6.45) is 1.67. The minimum atomic E-state index is -0.374. The van der Waals surface area contributed by atoms with E-state index in [0.717, 1.165) is 25.9 Å². The molecule has 20 heavy (non-hydrogen) atoms. The van der Waals surface area contributed by atoms with Crippen LogP contribution >= 0.6 is 11.3 Å². The summed E-state index contributed by atoms with van der Waals surface area (Å²) in [5.74, 6) is 0.124. The number of ether oxygens (including phenoxy) is 1. The van der Waals surface area contributed by atoms with Crippen molar-refractivity contribution >= 4 is 17.2 Å². The SMILES string of the molecule is COCC1(C(=O)NC(C)c2ccc(C)s2)CCNCC1. The number of carbonyl (C=O) groups excluding carboxylic acids is 1. The summed E-state index contributed by atoms with van der Waals surface area (Å²) in [6.45, 7) is 6.38. The van der Waals surface area contributed by atoms with E-state index in [4.69, 9.17) is 4.74 Å². The summed E-state index contributed by atoms with van der Waals surface area (Å²) >= 11 is 1.74. The maximum atomic E-state index is 12.7. The molecule has 112 valence electrons. The Hall–Kier alpha value is -0.910. The zero-order chi connectivity index (χ0) is 14.6. The molecule has 0 aromatic carbocycles. The molecule has 4 nitrogen and oxygen atoms in total. The normalized spacial score (nSPS) is 19.6. The smallest absolute Gasteiger partial charge is 0.229 e.